The number of aromatic nitrogens is 1. The number of nitrogens with zero attached hydrogens (tertiary/aromatic N) is 2. The Morgan fingerprint density at radius 1 is 1.30 bits per heavy atom. The Bertz CT molecular complexity index is 834. The molecule has 2 aromatic heterocycles. The molecular weight excluding hydrogens is 344 g/mol. The molecule has 1 aliphatic heterocycles. The fourth-order valence-electron chi connectivity index (χ4n) is 3.10. The summed E-state index contributed by atoms with van der Waals surface area (Å²) in [7, 11) is 0. The van der Waals surface area contributed by atoms with E-state index in [9.17, 15) is 15.0 Å². The minimum Gasteiger partial charge on any atom is -0.443 e. The number of aliphatic hydroxyl groups excluding tert-OH is 1. The lowest BCUT2D eigenvalue weighted by molar-refractivity contribution is 0.0428. The van der Waals surface area contributed by atoms with Crippen LogP contribution in [0.5, 0.6) is 0 Å². The van der Waals surface area contributed by atoms with Gasteiger partial charge < -0.3 is 19.5 Å². The SMILES string of the molecule is CC(C)(O)C#Cc1ccc(C(=O)N2CCC(C(O)c3ccccn3)CC2)o1. The molecule has 0 saturated carbocycles. The largest absolute Gasteiger partial charge is 0.443 e. The fourth-order valence-corrected chi connectivity index (χ4v) is 3.10. The van der Waals surface area contributed by atoms with Crippen molar-refractivity contribution in [2.75, 3.05) is 13.1 Å². The van der Waals surface area contributed by atoms with Crippen LogP contribution in [0.15, 0.2) is 40.9 Å². The summed E-state index contributed by atoms with van der Waals surface area (Å²) in [4.78, 5) is 18.6. The van der Waals surface area contributed by atoms with Crippen LogP contribution in [0.1, 0.15) is 54.8 Å². The number of amides is 1. The zero-order chi connectivity index (χ0) is 19.4. The summed E-state index contributed by atoms with van der Waals surface area (Å²) in [6, 6.07) is 8.73. The molecule has 3 rings (SSSR count). The second-order valence-corrected chi connectivity index (χ2v) is 7.30. The van der Waals surface area contributed by atoms with Crippen molar-refractivity contribution in [1.29, 1.82) is 0 Å². The maximum atomic E-state index is 12.6. The second-order valence-electron chi connectivity index (χ2n) is 7.30. The van der Waals surface area contributed by atoms with E-state index in [1.165, 1.54) is 0 Å². The first kappa shape index (κ1) is 19.2. The molecule has 6 nitrogen and oxygen atoms in total. The first-order valence-electron chi connectivity index (χ1n) is 9.07. The number of rotatable bonds is 3. The predicted octanol–water partition coefficient (Wildman–Crippen LogP) is 2.38. The Balaban J connectivity index is 1.59. The van der Waals surface area contributed by atoms with Crippen molar-refractivity contribution in [2.45, 2.75) is 38.4 Å². The van der Waals surface area contributed by atoms with Gasteiger partial charge in [-0.15, -0.1) is 0 Å². The minimum atomic E-state index is -1.12. The molecule has 0 bridgehead atoms. The molecule has 1 unspecified atom stereocenters. The molecule has 0 spiro atoms. The summed E-state index contributed by atoms with van der Waals surface area (Å²) in [5.74, 6) is 5.86. The first-order chi connectivity index (χ1) is 12.8. The van der Waals surface area contributed by atoms with E-state index in [2.05, 4.69) is 16.8 Å². The maximum absolute atomic E-state index is 12.6. The highest BCUT2D eigenvalue weighted by atomic mass is 16.4. The van der Waals surface area contributed by atoms with Gasteiger partial charge in [0.25, 0.3) is 5.91 Å². The summed E-state index contributed by atoms with van der Waals surface area (Å²) in [6.45, 7) is 4.27. The van der Waals surface area contributed by atoms with Gasteiger partial charge in [0, 0.05) is 19.3 Å². The average molecular weight is 368 g/mol. The molecule has 1 saturated heterocycles. The lowest BCUT2D eigenvalue weighted by atomic mass is 9.89. The molecule has 0 radical (unpaired) electrons. The van der Waals surface area contributed by atoms with Crippen LogP contribution < -0.4 is 0 Å². The standard InChI is InChI=1S/C21H24N2O4/c1-21(2,26)11-8-16-6-7-18(27-16)20(25)23-13-9-15(10-14-23)19(24)17-5-3-4-12-22-17/h3-7,12,15,19,24,26H,9-10,13-14H2,1-2H3. The van der Waals surface area contributed by atoms with Crippen LogP contribution in [0, 0.1) is 17.8 Å². The average Bonchev–Trinajstić information content (AvgIpc) is 3.15. The monoisotopic (exact) mass is 368 g/mol. The van der Waals surface area contributed by atoms with E-state index >= 15 is 0 Å². The number of likely N-dealkylation sites (tertiary alicyclic amines) is 1. The molecule has 2 aromatic rings. The molecule has 6 heteroatoms. The molecule has 1 aliphatic rings. The van der Waals surface area contributed by atoms with Gasteiger partial charge in [0.1, 0.15) is 5.60 Å². The molecule has 1 fully saturated rings. The normalized spacial score (nSPS) is 16.5. The number of carbonyl (C=O) groups is 1. The maximum Gasteiger partial charge on any atom is 0.289 e. The molecule has 2 N–H and O–H groups in total. The second kappa shape index (κ2) is 7.95. The molecule has 1 atom stereocenters. The number of hydrogen-bond donors (Lipinski definition) is 2. The van der Waals surface area contributed by atoms with Crippen LogP contribution >= 0.6 is 0 Å². The van der Waals surface area contributed by atoms with Crippen LogP contribution in [0.25, 0.3) is 0 Å². The van der Waals surface area contributed by atoms with Gasteiger partial charge in [-0.25, -0.2) is 0 Å². The number of furan rings is 1. The Morgan fingerprint density at radius 3 is 2.67 bits per heavy atom. The van der Waals surface area contributed by atoms with Gasteiger partial charge in [-0.2, -0.15) is 0 Å². The van der Waals surface area contributed by atoms with E-state index in [0.717, 1.165) is 0 Å². The summed E-state index contributed by atoms with van der Waals surface area (Å²) in [6.07, 6.45) is 2.47. The Labute approximate surface area is 158 Å². The van der Waals surface area contributed by atoms with E-state index in [4.69, 9.17) is 4.42 Å². The van der Waals surface area contributed by atoms with Crippen LogP contribution in [0.2, 0.25) is 0 Å². The van der Waals surface area contributed by atoms with Gasteiger partial charge in [0.15, 0.2) is 11.5 Å². The third-order valence-electron chi connectivity index (χ3n) is 4.57. The minimum absolute atomic E-state index is 0.0776. The van der Waals surface area contributed by atoms with Gasteiger partial charge in [0.05, 0.1) is 11.8 Å². The molecule has 1 amide bonds. The number of pyridine rings is 1. The van der Waals surface area contributed by atoms with Crippen molar-refractivity contribution < 1.29 is 19.4 Å². The predicted molar refractivity (Wildman–Crippen MR) is 99.7 cm³/mol. The molecule has 3 heterocycles. The van der Waals surface area contributed by atoms with Crippen molar-refractivity contribution in [3.63, 3.8) is 0 Å². The zero-order valence-corrected chi connectivity index (χ0v) is 15.6. The lowest BCUT2D eigenvalue weighted by Gasteiger charge is -2.33. The van der Waals surface area contributed by atoms with Crippen molar-refractivity contribution in [2.24, 2.45) is 5.92 Å². The van der Waals surface area contributed by atoms with Gasteiger partial charge in [0.2, 0.25) is 0 Å². The van der Waals surface area contributed by atoms with Crippen LogP contribution in [0.3, 0.4) is 0 Å². The Morgan fingerprint density at radius 2 is 2.04 bits per heavy atom. The highest BCUT2D eigenvalue weighted by molar-refractivity contribution is 5.91. The van der Waals surface area contributed by atoms with Crippen molar-refractivity contribution in [3.8, 4) is 11.8 Å². The third-order valence-corrected chi connectivity index (χ3v) is 4.57. The topological polar surface area (TPSA) is 86.8 Å². The van der Waals surface area contributed by atoms with E-state index in [1.54, 1.807) is 37.1 Å². The molecular formula is C21H24N2O4. The van der Waals surface area contributed by atoms with Gasteiger partial charge >= 0.3 is 0 Å². The summed E-state index contributed by atoms with van der Waals surface area (Å²) in [5.41, 5.74) is -0.448. The summed E-state index contributed by atoms with van der Waals surface area (Å²) >= 11 is 0. The Hall–Kier alpha value is -2.62. The zero-order valence-electron chi connectivity index (χ0n) is 15.6. The van der Waals surface area contributed by atoms with Gasteiger partial charge in [-0.3, -0.25) is 9.78 Å². The highest BCUT2D eigenvalue weighted by Gasteiger charge is 2.30. The van der Waals surface area contributed by atoms with Crippen LogP contribution in [-0.2, 0) is 0 Å². The van der Waals surface area contributed by atoms with E-state index < -0.39 is 11.7 Å². The third kappa shape index (κ3) is 4.97. The van der Waals surface area contributed by atoms with E-state index in [0.29, 0.717) is 37.4 Å². The summed E-state index contributed by atoms with van der Waals surface area (Å²) < 4.78 is 5.50. The molecule has 0 aliphatic carbocycles. The van der Waals surface area contributed by atoms with Gasteiger partial charge in [-0.1, -0.05) is 12.0 Å². The van der Waals surface area contributed by atoms with E-state index in [1.807, 2.05) is 18.2 Å². The fraction of sp³-hybridized carbons (Fsp3) is 0.429. The lowest BCUT2D eigenvalue weighted by Crippen LogP contribution is -2.39. The first-order valence-corrected chi connectivity index (χ1v) is 9.07. The molecule has 27 heavy (non-hydrogen) atoms. The summed E-state index contributed by atoms with van der Waals surface area (Å²) in [5, 5.41) is 20.1. The smallest absolute Gasteiger partial charge is 0.289 e. The van der Waals surface area contributed by atoms with Crippen LogP contribution in [0.4, 0.5) is 0 Å². The van der Waals surface area contributed by atoms with Crippen molar-refractivity contribution in [3.05, 3.63) is 53.7 Å². The number of piperidine rings is 1. The molecule has 142 valence electrons. The van der Waals surface area contributed by atoms with E-state index in [-0.39, 0.29) is 17.6 Å². The number of aliphatic hydroxyl groups is 2. The highest BCUT2D eigenvalue weighted by Crippen LogP contribution is 2.30. The number of carbonyl (C=O) groups excluding carboxylic acids is 1. The number of hydrogen-bond acceptors (Lipinski definition) is 5. The molecule has 0 aromatic carbocycles. The van der Waals surface area contributed by atoms with Crippen molar-refractivity contribution in [1.82, 2.24) is 9.88 Å². The quantitative estimate of drug-likeness (QED) is 0.813. The van der Waals surface area contributed by atoms with Crippen molar-refractivity contribution >= 4 is 5.91 Å². The van der Waals surface area contributed by atoms with Crippen LogP contribution in [-0.4, -0.2) is 44.7 Å². The Kier molecular flexibility index (Phi) is 5.64. The van der Waals surface area contributed by atoms with Gasteiger partial charge in [-0.05, 0) is 62.8 Å².